The second-order valence-corrected chi connectivity index (χ2v) is 9.24. The van der Waals surface area contributed by atoms with Crippen LogP contribution in [0.2, 0.25) is 0 Å². The van der Waals surface area contributed by atoms with Crippen molar-refractivity contribution in [1.29, 1.82) is 0 Å². The number of rotatable bonds is 4. The third kappa shape index (κ3) is 4.07. The quantitative estimate of drug-likeness (QED) is 0.798. The van der Waals surface area contributed by atoms with E-state index in [1.54, 1.807) is 7.11 Å². The van der Waals surface area contributed by atoms with E-state index in [4.69, 9.17) is 4.74 Å². The fourth-order valence-corrected chi connectivity index (χ4v) is 4.40. The number of amides is 1. The molecule has 4 rings (SSSR count). The second kappa shape index (κ2) is 7.65. The van der Waals surface area contributed by atoms with Gasteiger partial charge in [-0.25, -0.2) is 0 Å². The number of likely N-dealkylation sites (tertiary alicyclic amines) is 1. The number of fused-ring (bicyclic) bond motifs is 1. The Morgan fingerprint density at radius 3 is 2.31 bits per heavy atom. The molecule has 2 aromatic rings. The zero-order valence-corrected chi connectivity index (χ0v) is 17.8. The van der Waals surface area contributed by atoms with Crippen LogP contribution in [-0.4, -0.2) is 54.3 Å². The number of para-hydroxylation sites is 1. The Labute approximate surface area is 172 Å². The highest BCUT2D eigenvalue weighted by Gasteiger charge is 2.42. The molecule has 1 aromatic heterocycles. The van der Waals surface area contributed by atoms with E-state index in [0.717, 1.165) is 49.0 Å². The van der Waals surface area contributed by atoms with E-state index < -0.39 is 0 Å². The molecule has 154 valence electrons. The molecule has 6 nitrogen and oxygen atoms in total. The van der Waals surface area contributed by atoms with Crippen LogP contribution in [0.5, 0.6) is 5.75 Å². The van der Waals surface area contributed by atoms with Crippen molar-refractivity contribution >= 4 is 11.7 Å². The largest absolute Gasteiger partial charge is 0.496 e. The summed E-state index contributed by atoms with van der Waals surface area (Å²) in [5.74, 6) is 2.91. The monoisotopic (exact) mass is 394 g/mol. The van der Waals surface area contributed by atoms with Crippen molar-refractivity contribution in [2.24, 2.45) is 11.8 Å². The lowest BCUT2D eigenvalue weighted by Gasteiger charge is -2.23. The average molecular weight is 395 g/mol. The Balaban J connectivity index is 1.36. The van der Waals surface area contributed by atoms with Gasteiger partial charge in [0.15, 0.2) is 5.82 Å². The minimum Gasteiger partial charge on any atom is -0.496 e. The van der Waals surface area contributed by atoms with Crippen molar-refractivity contribution in [2.45, 2.75) is 32.6 Å². The molecule has 2 aliphatic rings. The standard InChI is InChI=1S/C23H30N4O2/c1-23(2,3)20-9-10-21(25-24-20)26-12-17-14-27(15-18(17)13-26)22(28)11-16-7-5-6-8-19(16)29-4/h5-10,17-18H,11-15H2,1-4H3. The van der Waals surface area contributed by atoms with Gasteiger partial charge in [0.05, 0.1) is 19.2 Å². The summed E-state index contributed by atoms with van der Waals surface area (Å²) in [7, 11) is 1.65. The lowest BCUT2D eigenvalue weighted by atomic mass is 9.92. The van der Waals surface area contributed by atoms with Crippen LogP contribution < -0.4 is 9.64 Å². The van der Waals surface area contributed by atoms with Gasteiger partial charge < -0.3 is 14.5 Å². The summed E-state index contributed by atoms with van der Waals surface area (Å²) >= 11 is 0. The van der Waals surface area contributed by atoms with E-state index in [2.05, 4.69) is 48.0 Å². The maximum Gasteiger partial charge on any atom is 0.227 e. The fourth-order valence-electron chi connectivity index (χ4n) is 4.40. The number of carbonyl (C=O) groups is 1. The van der Waals surface area contributed by atoms with Crippen molar-refractivity contribution < 1.29 is 9.53 Å². The van der Waals surface area contributed by atoms with Gasteiger partial charge in [-0.15, -0.1) is 5.10 Å². The molecule has 0 bridgehead atoms. The number of hydrogen-bond acceptors (Lipinski definition) is 5. The summed E-state index contributed by atoms with van der Waals surface area (Å²) in [6.45, 7) is 9.96. The molecule has 2 saturated heterocycles. The molecule has 1 amide bonds. The van der Waals surface area contributed by atoms with Crippen molar-refractivity contribution in [3.63, 3.8) is 0 Å². The Bertz CT molecular complexity index is 861. The van der Waals surface area contributed by atoms with Crippen LogP contribution in [0, 0.1) is 11.8 Å². The number of hydrogen-bond donors (Lipinski definition) is 0. The molecule has 2 unspecified atom stereocenters. The Morgan fingerprint density at radius 2 is 1.72 bits per heavy atom. The number of ether oxygens (including phenoxy) is 1. The second-order valence-electron chi connectivity index (χ2n) is 9.24. The summed E-state index contributed by atoms with van der Waals surface area (Å²) in [6, 6.07) is 11.9. The predicted molar refractivity (Wildman–Crippen MR) is 113 cm³/mol. The fraction of sp³-hybridized carbons (Fsp3) is 0.522. The van der Waals surface area contributed by atoms with Gasteiger partial charge in [-0.3, -0.25) is 4.79 Å². The Kier molecular flexibility index (Phi) is 5.19. The first kappa shape index (κ1) is 19.7. The van der Waals surface area contributed by atoms with Gasteiger partial charge in [0.25, 0.3) is 0 Å². The van der Waals surface area contributed by atoms with E-state index in [9.17, 15) is 4.79 Å². The van der Waals surface area contributed by atoms with Gasteiger partial charge >= 0.3 is 0 Å². The molecule has 6 heteroatoms. The van der Waals surface area contributed by atoms with Gasteiger partial charge in [0.2, 0.25) is 5.91 Å². The zero-order valence-electron chi connectivity index (χ0n) is 17.8. The lowest BCUT2D eigenvalue weighted by molar-refractivity contribution is -0.129. The van der Waals surface area contributed by atoms with Gasteiger partial charge in [0.1, 0.15) is 5.75 Å². The van der Waals surface area contributed by atoms with Crippen LogP contribution in [0.1, 0.15) is 32.0 Å². The molecule has 0 N–H and O–H groups in total. The van der Waals surface area contributed by atoms with E-state index in [1.165, 1.54) is 0 Å². The number of aromatic nitrogens is 2. The van der Waals surface area contributed by atoms with Crippen LogP contribution >= 0.6 is 0 Å². The first-order valence-corrected chi connectivity index (χ1v) is 10.3. The molecule has 2 atom stereocenters. The minimum absolute atomic E-state index is 0.00927. The summed E-state index contributed by atoms with van der Waals surface area (Å²) in [6.07, 6.45) is 0.396. The molecule has 0 spiro atoms. The van der Waals surface area contributed by atoms with Crippen molar-refractivity contribution in [3.8, 4) is 5.75 Å². The summed E-state index contributed by atoms with van der Waals surface area (Å²) in [4.78, 5) is 17.2. The Morgan fingerprint density at radius 1 is 1.03 bits per heavy atom. The summed E-state index contributed by atoms with van der Waals surface area (Å²) in [5, 5.41) is 8.89. The van der Waals surface area contributed by atoms with Crippen LogP contribution in [0.3, 0.4) is 0 Å². The molecule has 1 aromatic carbocycles. The third-order valence-electron chi connectivity index (χ3n) is 6.12. The average Bonchev–Trinajstić information content (AvgIpc) is 3.27. The molecule has 0 aliphatic carbocycles. The topological polar surface area (TPSA) is 58.6 Å². The molecular weight excluding hydrogens is 364 g/mol. The Hall–Kier alpha value is -2.63. The maximum atomic E-state index is 12.8. The highest BCUT2D eigenvalue weighted by atomic mass is 16.5. The number of carbonyl (C=O) groups excluding carboxylic acids is 1. The smallest absolute Gasteiger partial charge is 0.227 e. The zero-order chi connectivity index (χ0) is 20.6. The molecule has 3 heterocycles. The summed E-state index contributed by atoms with van der Waals surface area (Å²) < 4.78 is 5.39. The van der Waals surface area contributed by atoms with Crippen molar-refractivity contribution in [1.82, 2.24) is 15.1 Å². The number of methoxy groups -OCH3 is 1. The van der Waals surface area contributed by atoms with E-state index in [-0.39, 0.29) is 11.3 Å². The van der Waals surface area contributed by atoms with Gasteiger partial charge in [-0.2, -0.15) is 5.10 Å². The molecule has 0 saturated carbocycles. The molecule has 29 heavy (non-hydrogen) atoms. The van der Waals surface area contributed by atoms with Gasteiger partial charge in [-0.05, 0) is 18.2 Å². The van der Waals surface area contributed by atoms with Crippen LogP contribution in [0.15, 0.2) is 36.4 Å². The minimum atomic E-state index is 0.00927. The number of anilines is 1. The van der Waals surface area contributed by atoms with Gasteiger partial charge in [-0.1, -0.05) is 39.0 Å². The SMILES string of the molecule is COc1ccccc1CC(=O)N1CC2CN(c3ccc(C(C)(C)C)nn3)CC2C1. The first-order chi connectivity index (χ1) is 13.8. The maximum absolute atomic E-state index is 12.8. The highest BCUT2D eigenvalue weighted by Crippen LogP contribution is 2.34. The first-order valence-electron chi connectivity index (χ1n) is 10.3. The van der Waals surface area contributed by atoms with Crippen LogP contribution in [0.25, 0.3) is 0 Å². The molecular formula is C23H30N4O2. The third-order valence-corrected chi connectivity index (χ3v) is 6.12. The van der Waals surface area contributed by atoms with Crippen molar-refractivity contribution in [2.75, 3.05) is 38.2 Å². The number of nitrogens with zero attached hydrogens (tertiary/aromatic N) is 4. The van der Waals surface area contributed by atoms with Gasteiger partial charge in [0, 0.05) is 49.0 Å². The molecule has 2 fully saturated rings. The van der Waals surface area contributed by atoms with Crippen molar-refractivity contribution in [3.05, 3.63) is 47.7 Å². The van der Waals surface area contributed by atoms with Crippen LogP contribution in [-0.2, 0) is 16.6 Å². The normalized spacial score (nSPS) is 21.4. The van der Waals surface area contributed by atoms with E-state index in [1.807, 2.05) is 29.2 Å². The number of benzene rings is 1. The summed E-state index contributed by atoms with van der Waals surface area (Å²) in [5.41, 5.74) is 1.97. The highest BCUT2D eigenvalue weighted by molar-refractivity contribution is 5.80. The lowest BCUT2D eigenvalue weighted by Crippen LogP contribution is -2.34. The van der Waals surface area contributed by atoms with E-state index >= 15 is 0 Å². The molecule has 2 aliphatic heterocycles. The van der Waals surface area contributed by atoms with Crippen LogP contribution in [0.4, 0.5) is 5.82 Å². The molecule has 0 radical (unpaired) electrons. The van der Waals surface area contributed by atoms with E-state index in [0.29, 0.717) is 18.3 Å². The predicted octanol–water partition coefficient (Wildman–Crippen LogP) is 2.92.